The van der Waals surface area contributed by atoms with Gasteiger partial charge in [0.1, 0.15) is 0 Å². The van der Waals surface area contributed by atoms with E-state index in [1.165, 1.54) is 64.2 Å². The standard InChI is InChI=1S/C26H44N2O2/c1-3-5-7-9-11-13-15-20-27-25(29)23-18-17-19-24(22-23)26(30)28-21-16-14-12-10-8-6-4-2/h17-19,22H,3-16,20-21H2,1-2H3,(H,27,29)(H,28,30). The number of rotatable bonds is 18. The van der Waals surface area contributed by atoms with E-state index < -0.39 is 0 Å². The molecule has 0 aliphatic heterocycles. The molecule has 170 valence electrons. The van der Waals surface area contributed by atoms with E-state index in [4.69, 9.17) is 0 Å². The van der Waals surface area contributed by atoms with Crippen molar-refractivity contribution in [2.24, 2.45) is 0 Å². The minimum absolute atomic E-state index is 0.0947. The van der Waals surface area contributed by atoms with Gasteiger partial charge in [-0.05, 0) is 31.0 Å². The molecule has 0 atom stereocenters. The third-order valence-corrected chi connectivity index (χ3v) is 5.52. The van der Waals surface area contributed by atoms with Crippen LogP contribution in [0.15, 0.2) is 24.3 Å². The highest BCUT2D eigenvalue weighted by atomic mass is 16.2. The predicted octanol–water partition coefficient (Wildman–Crippen LogP) is 6.65. The molecule has 4 heteroatoms. The Morgan fingerprint density at radius 2 is 0.967 bits per heavy atom. The predicted molar refractivity (Wildman–Crippen MR) is 127 cm³/mol. The van der Waals surface area contributed by atoms with Gasteiger partial charge < -0.3 is 10.6 Å². The first-order valence-electron chi connectivity index (χ1n) is 12.4. The highest BCUT2D eigenvalue weighted by molar-refractivity contribution is 5.99. The third kappa shape index (κ3) is 12.7. The molecule has 0 aromatic heterocycles. The Kier molecular flexibility index (Phi) is 15.7. The summed E-state index contributed by atoms with van der Waals surface area (Å²) in [4.78, 5) is 24.7. The molecular weight excluding hydrogens is 372 g/mol. The lowest BCUT2D eigenvalue weighted by Gasteiger charge is -2.08. The van der Waals surface area contributed by atoms with E-state index in [9.17, 15) is 9.59 Å². The lowest BCUT2D eigenvalue weighted by atomic mass is 10.1. The summed E-state index contributed by atoms with van der Waals surface area (Å²) in [6, 6.07) is 7.02. The number of carbonyl (C=O) groups excluding carboxylic acids is 2. The third-order valence-electron chi connectivity index (χ3n) is 5.52. The van der Waals surface area contributed by atoms with Crippen LogP contribution in [-0.4, -0.2) is 24.9 Å². The molecule has 0 spiro atoms. The summed E-state index contributed by atoms with van der Waals surface area (Å²) in [5.41, 5.74) is 1.11. The van der Waals surface area contributed by atoms with E-state index in [1.54, 1.807) is 24.3 Å². The van der Waals surface area contributed by atoms with Crippen molar-refractivity contribution < 1.29 is 9.59 Å². The van der Waals surface area contributed by atoms with Crippen LogP contribution in [0.1, 0.15) is 124 Å². The van der Waals surface area contributed by atoms with Gasteiger partial charge in [-0.25, -0.2) is 0 Å². The molecule has 0 radical (unpaired) electrons. The Morgan fingerprint density at radius 1 is 0.600 bits per heavy atom. The molecule has 30 heavy (non-hydrogen) atoms. The molecule has 2 N–H and O–H groups in total. The van der Waals surface area contributed by atoms with Crippen molar-refractivity contribution in [3.8, 4) is 0 Å². The Hall–Kier alpha value is -1.84. The maximum atomic E-state index is 12.4. The average molecular weight is 417 g/mol. The normalized spacial score (nSPS) is 10.7. The van der Waals surface area contributed by atoms with Gasteiger partial charge in [-0.15, -0.1) is 0 Å². The van der Waals surface area contributed by atoms with Crippen molar-refractivity contribution >= 4 is 11.8 Å². The van der Waals surface area contributed by atoms with Crippen molar-refractivity contribution in [3.63, 3.8) is 0 Å². The van der Waals surface area contributed by atoms with Crippen molar-refractivity contribution in [2.75, 3.05) is 13.1 Å². The molecule has 0 saturated heterocycles. The first-order valence-corrected chi connectivity index (χ1v) is 12.4. The van der Waals surface area contributed by atoms with Crippen LogP contribution in [-0.2, 0) is 0 Å². The lowest BCUT2D eigenvalue weighted by Crippen LogP contribution is -2.26. The summed E-state index contributed by atoms with van der Waals surface area (Å²) in [7, 11) is 0. The SMILES string of the molecule is CCCCCCCCCNC(=O)c1cccc(C(=O)NCCCCCCCCC)c1. The summed E-state index contributed by atoms with van der Waals surface area (Å²) in [6.07, 6.45) is 17.2. The van der Waals surface area contributed by atoms with Gasteiger partial charge in [0.05, 0.1) is 0 Å². The summed E-state index contributed by atoms with van der Waals surface area (Å²) in [5, 5.41) is 5.95. The zero-order valence-electron chi connectivity index (χ0n) is 19.4. The maximum Gasteiger partial charge on any atom is 0.251 e. The minimum atomic E-state index is -0.0947. The van der Waals surface area contributed by atoms with E-state index >= 15 is 0 Å². The summed E-state index contributed by atoms with van der Waals surface area (Å²) in [6.45, 7) is 5.85. The number of hydrogen-bond donors (Lipinski definition) is 2. The molecule has 1 aromatic rings. The second kappa shape index (κ2) is 18.0. The van der Waals surface area contributed by atoms with E-state index in [2.05, 4.69) is 24.5 Å². The Bertz CT molecular complexity index is 539. The number of unbranched alkanes of at least 4 members (excludes halogenated alkanes) is 12. The molecule has 2 amide bonds. The zero-order chi connectivity index (χ0) is 21.9. The van der Waals surface area contributed by atoms with Crippen LogP contribution < -0.4 is 10.6 Å². The van der Waals surface area contributed by atoms with Crippen LogP contribution in [0.5, 0.6) is 0 Å². The molecule has 0 unspecified atom stereocenters. The fourth-order valence-electron chi connectivity index (χ4n) is 3.57. The molecule has 0 saturated carbocycles. The van der Waals surface area contributed by atoms with Gasteiger partial charge in [-0.3, -0.25) is 9.59 Å². The van der Waals surface area contributed by atoms with E-state index in [1.807, 2.05) is 0 Å². The maximum absolute atomic E-state index is 12.4. The Balaban J connectivity index is 2.22. The first kappa shape index (κ1) is 26.2. The first-order chi connectivity index (χ1) is 14.7. The molecule has 0 aliphatic carbocycles. The van der Waals surface area contributed by atoms with Gasteiger partial charge >= 0.3 is 0 Å². The summed E-state index contributed by atoms with van der Waals surface area (Å²) in [5.74, 6) is -0.189. The van der Waals surface area contributed by atoms with Crippen LogP contribution in [0.25, 0.3) is 0 Å². The lowest BCUT2D eigenvalue weighted by molar-refractivity contribution is 0.0952. The van der Waals surface area contributed by atoms with E-state index in [0.717, 1.165) is 25.7 Å². The van der Waals surface area contributed by atoms with Gasteiger partial charge in [0.2, 0.25) is 0 Å². The average Bonchev–Trinajstić information content (AvgIpc) is 2.77. The van der Waals surface area contributed by atoms with Gasteiger partial charge in [-0.2, -0.15) is 0 Å². The fraction of sp³-hybridized carbons (Fsp3) is 0.692. The molecule has 0 bridgehead atoms. The largest absolute Gasteiger partial charge is 0.352 e. The second-order valence-corrected chi connectivity index (χ2v) is 8.34. The zero-order valence-corrected chi connectivity index (χ0v) is 19.4. The Morgan fingerprint density at radius 3 is 1.37 bits per heavy atom. The van der Waals surface area contributed by atoms with Gasteiger partial charge in [0.25, 0.3) is 11.8 Å². The van der Waals surface area contributed by atoms with E-state index in [-0.39, 0.29) is 11.8 Å². The van der Waals surface area contributed by atoms with Crippen LogP contribution in [0.3, 0.4) is 0 Å². The van der Waals surface area contributed by atoms with Crippen LogP contribution in [0.4, 0.5) is 0 Å². The van der Waals surface area contributed by atoms with E-state index in [0.29, 0.717) is 24.2 Å². The monoisotopic (exact) mass is 416 g/mol. The second-order valence-electron chi connectivity index (χ2n) is 8.34. The molecule has 0 fully saturated rings. The van der Waals surface area contributed by atoms with Crippen LogP contribution in [0.2, 0.25) is 0 Å². The number of nitrogens with one attached hydrogen (secondary N) is 2. The van der Waals surface area contributed by atoms with Crippen LogP contribution in [0, 0.1) is 0 Å². The van der Waals surface area contributed by atoms with Crippen molar-refractivity contribution in [1.29, 1.82) is 0 Å². The molecule has 4 nitrogen and oxygen atoms in total. The number of benzene rings is 1. The van der Waals surface area contributed by atoms with Gasteiger partial charge in [-0.1, -0.05) is 97.0 Å². The van der Waals surface area contributed by atoms with Crippen molar-refractivity contribution in [2.45, 2.75) is 104 Å². The Labute approximate surface area is 184 Å². The van der Waals surface area contributed by atoms with Crippen molar-refractivity contribution in [3.05, 3.63) is 35.4 Å². The molecule has 1 aromatic carbocycles. The highest BCUT2D eigenvalue weighted by Crippen LogP contribution is 2.09. The molecule has 1 rings (SSSR count). The number of hydrogen-bond acceptors (Lipinski definition) is 2. The van der Waals surface area contributed by atoms with Crippen molar-refractivity contribution in [1.82, 2.24) is 10.6 Å². The number of carbonyl (C=O) groups is 2. The number of amides is 2. The topological polar surface area (TPSA) is 58.2 Å². The van der Waals surface area contributed by atoms with Gasteiger partial charge in [0.15, 0.2) is 0 Å². The summed E-state index contributed by atoms with van der Waals surface area (Å²) < 4.78 is 0. The summed E-state index contributed by atoms with van der Waals surface area (Å²) >= 11 is 0. The fourth-order valence-corrected chi connectivity index (χ4v) is 3.57. The minimum Gasteiger partial charge on any atom is -0.352 e. The molecular formula is C26H44N2O2. The molecule has 0 aliphatic rings. The smallest absolute Gasteiger partial charge is 0.251 e. The highest BCUT2D eigenvalue weighted by Gasteiger charge is 2.10. The quantitative estimate of drug-likeness (QED) is 0.263. The van der Waals surface area contributed by atoms with Gasteiger partial charge in [0, 0.05) is 24.2 Å². The molecule has 0 heterocycles. The van der Waals surface area contributed by atoms with Crippen LogP contribution >= 0.6 is 0 Å².